The zero-order chi connectivity index (χ0) is 25.8. The van der Waals surface area contributed by atoms with Crippen molar-refractivity contribution in [2.75, 3.05) is 19.8 Å². The summed E-state index contributed by atoms with van der Waals surface area (Å²) in [6.07, 6.45) is 0.430. The van der Waals surface area contributed by atoms with Gasteiger partial charge in [0, 0.05) is 13.0 Å². The van der Waals surface area contributed by atoms with Gasteiger partial charge < -0.3 is 55.1 Å². The first-order valence-electron chi connectivity index (χ1n) is 12.8. The average molecular weight is 509 g/mol. The Bertz CT molecular complexity index is 608. The van der Waals surface area contributed by atoms with E-state index in [9.17, 15) is 40.9 Å². The number of aliphatic hydroxyl groups is 8. The molecule has 0 aromatic rings. The van der Waals surface area contributed by atoms with Crippen LogP contribution < -0.4 is 0 Å². The minimum Gasteiger partial charge on any atom is -0.506 e. The molecule has 2 fully saturated rings. The number of hydrogen-bond donors (Lipinski definition) is 8. The van der Waals surface area contributed by atoms with Crippen LogP contribution in [0.4, 0.5) is 0 Å². The van der Waals surface area contributed by atoms with E-state index in [4.69, 9.17) is 14.2 Å². The van der Waals surface area contributed by atoms with E-state index in [0.717, 1.165) is 25.2 Å². The average Bonchev–Trinajstić information content (AvgIpc) is 2.87. The lowest BCUT2D eigenvalue weighted by molar-refractivity contribution is -0.311. The molecule has 1 aliphatic carbocycles. The minimum atomic E-state index is -1.82. The number of aliphatic hydroxyl groups excluding tert-OH is 8. The normalized spacial score (nSPS) is 30.6. The van der Waals surface area contributed by atoms with Crippen LogP contribution in [0.15, 0.2) is 11.5 Å². The van der Waals surface area contributed by atoms with Gasteiger partial charge >= 0.3 is 0 Å². The van der Waals surface area contributed by atoms with E-state index < -0.39 is 67.8 Å². The van der Waals surface area contributed by atoms with E-state index in [1.54, 1.807) is 0 Å². The van der Waals surface area contributed by atoms with Crippen LogP contribution in [0.3, 0.4) is 0 Å². The van der Waals surface area contributed by atoms with Crippen molar-refractivity contribution in [2.24, 2.45) is 5.92 Å². The van der Waals surface area contributed by atoms with Crippen LogP contribution in [0.1, 0.15) is 70.6 Å². The first-order chi connectivity index (χ1) is 16.8. The van der Waals surface area contributed by atoms with Crippen molar-refractivity contribution >= 4 is 0 Å². The van der Waals surface area contributed by atoms with Gasteiger partial charge in [0.05, 0.1) is 13.2 Å². The first-order valence-corrected chi connectivity index (χ1v) is 12.8. The van der Waals surface area contributed by atoms with E-state index in [0.29, 0.717) is 6.42 Å². The minimum absolute atomic E-state index is 0.167. The molecular formula is C24H44O11. The summed E-state index contributed by atoms with van der Waals surface area (Å²) >= 11 is 0. The molecule has 0 aromatic carbocycles. The van der Waals surface area contributed by atoms with Crippen molar-refractivity contribution in [1.82, 2.24) is 0 Å². The van der Waals surface area contributed by atoms with Crippen molar-refractivity contribution in [1.29, 1.82) is 0 Å². The molecular weight excluding hydrogens is 464 g/mol. The Hall–Kier alpha value is -1.02. The Morgan fingerprint density at radius 1 is 0.857 bits per heavy atom. The summed E-state index contributed by atoms with van der Waals surface area (Å²) in [5.74, 6) is -0.898. The molecule has 0 amide bonds. The summed E-state index contributed by atoms with van der Waals surface area (Å²) in [6.45, 7) is -0.993. The smallest absolute Gasteiger partial charge is 0.217 e. The highest BCUT2D eigenvalue weighted by molar-refractivity contribution is 5.07. The van der Waals surface area contributed by atoms with Crippen LogP contribution in [0, 0.1) is 5.92 Å². The van der Waals surface area contributed by atoms with Crippen molar-refractivity contribution in [3.8, 4) is 0 Å². The van der Waals surface area contributed by atoms with Crippen LogP contribution >= 0.6 is 0 Å². The molecule has 1 saturated heterocycles. The Kier molecular flexibility index (Phi) is 13.8. The monoisotopic (exact) mass is 508 g/mol. The molecule has 7 atom stereocenters. The van der Waals surface area contributed by atoms with Crippen molar-refractivity contribution < 1.29 is 55.1 Å². The molecule has 0 spiro atoms. The summed E-state index contributed by atoms with van der Waals surface area (Å²) in [5.41, 5.74) is 0. The van der Waals surface area contributed by atoms with Crippen molar-refractivity contribution in [2.45, 2.75) is 114 Å². The Balaban J connectivity index is 1.79. The second kappa shape index (κ2) is 16.0. The molecule has 2 aliphatic rings. The topological polar surface area (TPSA) is 190 Å². The number of ether oxygens (including phenoxy) is 3. The SMILES string of the molecule is OCC[C@@H](O[C@H]1OC(CO)[C@@H](O)C(O)C1O)/C(O)=C(\O)[C@@H](O)OCCCCCCC1CCCCC1. The third-order valence-electron chi connectivity index (χ3n) is 6.85. The third kappa shape index (κ3) is 9.42. The van der Waals surface area contributed by atoms with Gasteiger partial charge in [0.15, 0.2) is 17.8 Å². The largest absolute Gasteiger partial charge is 0.506 e. The predicted octanol–water partition coefficient (Wildman–Crippen LogP) is 0.747. The maximum absolute atomic E-state index is 10.4. The van der Waals surface area contributed by atoms with Crippen LogP contribution in [0.5, 0.6) is 0 Å². The zero-order valence-electron chi connectivity index (χ0n) is 20.3. The van der Waals surface area contributed by atoms with E-state index in [-0.39, 0.29) is 13.0 Å². The molecule has 35 heavy (non-hydrogen) atoms. The molecule has 11 heteroatoms. The quantitative estimate of drug-likeness (QED) is 0.0885. The van der Waals surface area contributed by atoms with Crippen LogP contribution in [-0.4, -0.2) is 104 Å². The summed E-state index contributed by atoms with van der Waals surface area (Å²) in [7, 11) is 0. The lowest BCUT2D eigenvalue weighted by Crippen LogP contribution is -2.59. The van der Waals surface area contributed by atoms with E-state index in [1.165, 1.54) is 38.5 Å². The fourth-order valence-electron chi connectivity index (χ4n) is 4.66. The highest BCUT2D eigenvalue weighted by atomic mass is 16.7. The number of rotatable bonds is 15. The fourth-order valence-corrected chi connectivity index (χ4v) is 4.66. The Labute approximate surface area is 206 Å². The number of unbranched alkanes of at least 4 members (excludes halogenated alkanes) is 3. The Morgan fingerprint density at radius 3 is 2.20 bits per heavy atom. The molecule has 0 radical (unpaired) electrons. The molecule has 1 heterocycles. The summed E-state index contributed by atoms with van der Waals surface area (Å²) in [4.78, 5) is 0. The van der Waals surface area contributed by atoms with Crippen LogP contribution in [-0.2, 0) is 14.2 Å². The van der Waals surface area contributed by atoms with Crippen LogP contribution in [0.2, 0.25) is 0 Å². The first kappa shape index (κ1) is 30.2. The molecule has 3 unspecified atom stereocenters. The van der Waals surface area contributed by atoms with Gasteiger partial charge in [0.25, 0.3) is 0 Å². The molecule has 11 nitrogen and oxygen atoms in total. The Morgan fingerprint density at radius 2 is 1.54 bits per heavy atom. The highest BCUT2D eigenvalue weighted by Crippen LogP contribution is 2.28. The highest BCUT2D eigenvalue weighted by Gasteiger charge is 2.45. The molecule has 0 aromatic heterocycles. The van der Waals surface area contributed by atoms with Gasteiger partial charge in [0.1, 0.15) is 30.5 Å². The van der Waals surface area contributed by atoms with E-state index in [2.05, 4.69) is 0 Å². The van der Waals surface area contributed by atoms with E-state index in [1.807, 2.05) is 0 Å². The molecule has 0 bridgehead atoms. The second-order valence-electron chi connectivity index (χ2n) is 9.53. The van der Waals surface area contributed by atoms with Gasteiger partial charge in [-0.15, -0.1) is 0 Å². The number of hydrogen-bond acceptors (Lipinski definition) is 11. The van der Waals surface area contributed by atoms with Gasteiger partial charge in [-0.3, -0.25) is 0 Å². The van der Waals surface area contributed by atoms with Crippen molar-refractivity contribution in [3.05, 3.63) is 11.5 Å². The summed E-state index contributed by atoms with van der Waals surface area (Å²) in [5, 5.41) is 79.1. The lowest BCUT2D eigenvalue weighted by Gasteiger charge is -2.40. The zero-order valence-corrected chi connectivity index (χ0v) is 20.3. The van der Waals surface area contributed by atoms with Gasteiger partial charge in [-0.2, -0.15) is 0 Å². The van der Waals surface area contributed by atoms with Gasteiger partial charge in [-0.1, -0.05) is 57.8 Å². The van der Waals surface area contributed by atoms with Gasteiger partial charge in [-0.25, -0.2) is 0 Å². The third-order valence-corrected chi connectivity index (χ3v) is 6.85. The molecule has 2 rings (SSSR count). The maximum atomic E-state index is 10.4. The standard InChI is InChI=1S/C24H44O11/c25-12-11-16(34-24-22(31)20(29)19(28)17(14-26)35-24)18(27)21(30)23(32)33-13-7-2-1-4-8-15-9-5-3-6-10-15/h15-17,19-20,22-32H,1-14H2/b21-18+/t16-,17?,19-,20?,22?,23+,24+/m1/s1. The lowest BCUT2D eigenvalue weighted by atomic mass is 9.85. The second-order valence-corrected chi connectivity index (χ2v) is 9.53. The summed E-state index contributed by atoms with van der Waals surface area (Å²) < 4.78 is 15.8. The van der Waals surface area contributed by atoms with Gasteiger partial charge in [-0.05, 0) is 12.3 Å². The molecule has 1 saturated carbocycles. The molecule has 206 valence electrons. The molecule has 1 aliphatic heterocycles. The van der Waals surface area contributed by atoms with Crippen molar-refractivity contribution in [3.63, 3.8) is 0 Å². The predicted molar refractivity (Wildman–Crippen MR) is 124 cm³/mol. The fraction of sp³-hybridized carbons (Fsp3) is 0.917. The summed E-state index contributed by atoms with van der Waals surface area (Å²) in [6, 6.07) is 0. The van der Waals surface area contributed by atoms with Gasteiger partial charge in [0.2, 0.25) is 6.29 Å². The molecule has 8 N–H and O–H groups in total. The van der Waals surface area contributed by atoms with Crippen LogP contribution in [0.25, 0.3) is 0 Å². The van der Waals surface area contributed by atoms with E-state index >= 15 is 0 Å². The maximum Gasteiger partial charge on any atom is 0.217 e.